The average molecular weight is 366 g/mol. The highest BCUT2D eigenvalue weighted by Crippen LogP contribution is 2.28. The van der Waals surface area contributed by atoms with Crippen LogP contribution < -0.4 is 10.2 Å². The minimum absolute atomic E-state index is 0.120. The molecule has 1 amide bonds. The van der Waals surface area contributed by atoms with E-state index in [1.165, 1.54) is 11.8 Å². The second-order valence-electron chi connectivity index (χ2n) is 5.86. The molecule has 0 radical (unpaired) electrons. The molecule has 0 saturated carbocycles. The van der Waals surface area contributed by atoms with Gasteiger partial charge in [0.05, 0.1) is 23.9 Å². The first-order chi connectivity index (χ1) is 12.7. The number of methoxy groups -OCH3 is 1. The molecule has 1 N–H and O–H groups in total. The maximum Gasteiger partial charge on any atom is 0.299 e. The molecule has 2 aromatic carbocycles. The van der Waals surface area contributed by atoms with Crippen molar-refractivity contribution in [3.05, 3.63) is 48.0 Å². The average Bonchev–Trinajstić information content (AvgIpc) is 3.06. The van der Waals surface area contributed by atoms with Gasteiger partial charge in [-0.1, -0.05) is 30.0 Å². The van der Waals surface area contributed by atoms with Gasteiger partial charge in [0.15, 0.2) is 0 Å². The molecular formula is C19H18N4O2S. The summed E-state index contributed by atoms with van der Waals surface area (Å²) >= 11 is 1.22. The highest BCUT2D eigenvalue weighted by atomic mass is 32.2. The number of carbonyl (C=O) groups excluding carboxylic acids is 1. The Bertz CT molecular complexity index is 1030. The summed E-state index contributed by atoms with van der Waals surface area (Å²) in [5.74, 6) is 2.28. The standard InChI is InChI=1S/C19H18N4O2S/c1-3-23-17-8-7-12(16-11-26-19(24)22-21-16)10-15(17)20-18(23)13-5-4-6-14(9-13)25-2/h4-10H,3,11H2,1-2H3,(H,22,24). The van der Waals surface area contributed by atoms with E-state index in [-0.39, 0.29) is 5.24 Å². The smallest absolute Gasteiger partial charge is 0.299 e. The Labute approximate surface area is 155 Å². The number of hydrogen-bond donors (Lipinski definition) is 1. The van der Waals surface area contributed by atoms with Crippen molar-refractivity contribution in [1.82, 2.24) is 15.0 Å². The van der Waals surface area contributed by atoms with Gasteiger partial charge in [-0.2, -0.15) is 5.10 Å². The molecule has 1 aliphatic heterocycles. The summed E-state index contributed by atoms with van der Waals surface area (Å²) < 4.78 is 7.53. The lowest BCUT2D eigenvalue weighted by atomic mass is 10.1. The summed E-state index contributed by atoms with van der Waals surface area (Å²) in [6, 6.07) is 14.0. The van der Waals surface area contributed by atoms with Crippen LogP contribution in [0.4, 0.5) is 4.79 Å². The van der Waals surface area contributed by atoms with Crippen molar-refractivity contribution in [3.8, 4) is 17.1 Å². The van der Waals surface area contributed by atoms with Crippen LogP contribution >= 0.6 is 11.8 Å². The van der Waals surface area contributed by atoms with Gasteiger partial charge in [-0.3, -0.25) is 4.79 Å². The monoisotopic (exact) mass is 366 g/mol. The second-order valence-corrected chi connectivity index (χ2v) is 6.81. The SMILES string of the molecule is CCn1c(-c2cccc(OC)c2)nc2cc(C3=NNC(=O)SC3)ccc21. The molecule has 1 aromatic heterocycles. The molecule has 0 unspecified atom stereocenters. The molecule has 26 heavy (non-hydrogen) atoms. The molecule has 4 rings (SSSR count). The fraction of sp³-hybridized carbons (Fsp3) is 0.211. The van der Waals surface area contributed by atoms with E-state index in [4.69, 9.17) is 9.72 Å². The van der Waals surface area contributed by atoms with Crippen LogP contribution in [0.2, 0.25) is 0 Å². The number of amides is 1. The van der Waals surface area contributed by atoms with E-state index in [0.717, 1.165) is 46.0 Å². The van der Waals surface area contributed by atoms with Crippen LogP contribution in [-0.2, 0) is 6.54 Å². The maximum absolute atomic E-state index is 11.3. The molecule has 6 nitrogen and oxygen atoms in total. The maximum atomic E-state index is 11.3. The zero-order valence-electron chi connectivity index (χ0n) is 14.5. The van der Waals surface area contributed by atoms with Crippen LogP contribution in [0.15, 0.2) is 47.6 Å². The number of nitrogens with zero attached hydrogens (tertiary/aromatic N) is 3. The van der Waals surface area contributed by atoms with Crippen molar-refractivity contribution in [3.63, 3.8) is 0 Å². The summed E-state index contributed by atoms with van der Waals surface area (Å²) in [5, 5.41) is 4.04. The van der Waals surface area contributed by atoms with Gasteiger partial charge in [0.25, 0.3) is 5.24 Å². The molecular weight excluding hydrogens is 348 g/mol. The number of aromatic nitrogens is 2. The van der Waals surface area contributed by atoms with Gasteiger partial charge >= 0.3 is 0 Å². The van der Waals surface area contributed by atoms with Crippen molar-refractivity contribution >= 4 is 33.7 Å². The van der Waals surface area contributed by atoms with E-state index < -0.39 is 0 Å². The number of benzene rings is 2. The van der Waals surface area contributed by atoms with E-state index in [2.05, 4.69) is 28.1 Å². The first-order valence-electron chi connectivity index (χ1n) is 8.34. The summed E-state index contributed by atoms with van der Waals surface area (Å²) in [6.45, 7) is 2.92. The summed E-state index contributed by atoms with van der Waals surface area (Å²) in [5.41, 5.74) is 7.34. The topological polar surface area (TPSA) is 68.5 Å². The number of ether oxygens (including phenoxy) is 1. The van der Waals surface area contributed by atoms with E-state index in [9.17, 15) is 4.79 Å². The molecule has 2 heterocycles. The van der Waals surface area contributed by atoms with E-state index >= 15 is 0 Å². The molecule has 132 valence electrons. The van der Waals surface area contributed by atoms with E-state index in [0.29, 0.717) is 5.75 Å². The zero-order valence-corrected chi connectivity index (χ0v) is 15.3. The van der Waals surface area contributed by atoms with Crippen LogP contribution in [0, 0.1) is 0 Å². The van der Waals surface area contributed by atoms with Crippen LogP contribution in [-0.4, -0.2) is 33.4 Å². The van der Waals surface area contributed by atoms with Crippen LogP contribution in [0.25, 0.3) is 22.4 Å². The Hall–Kier alpha value is -2.80. The van der Waals surface area contributed by atoms with Crippen molar-refractivity contribution in [1.29, 1.82) is 0 Å². The normalized spacial score (nSPS) is 14.2. The lowest BCUT2D eigenvalue weighted by Crippen LogP contribution is -2.23. The van der Waals surface area contributed by atoms with Gasteiger partial charge in [0.1, 0.15) is 11.6 Å². The number of thioether (sulfide) groups is 1. The van der Waals surface area contributed by atoms with Gasteiger partial charge in [-0.25, -0.2) is 10.4 Å². The lowest BCUT2D eigenvalue weighted by Gasteiger charge is -2.11. The number of aryl methyl sites for hydroxylation is 1. The Balaban J connectivity index is 1.81. The molecule has 0 aliphatic carbocycles. The summed E-state index contributed by atoms with van der Waals surface area (Å²) in [7, 11) is 1.66. The zero-order chi connectivity index (χ0) is 18.1. The number of hydrazone groups is 1. The largest absolute Gasteiger partial charge is 0.497 e. The van der Waals surface area contributed by atoms with Crippen molar-refractivity contribution in [2.45, 2.75) is 13.5 Å². The number of fused-ring (bicyclic) bond motifs is 1. The highest BCUT2D eigenvalue weighted by molar-refractivity contribution is 8.14. The Morgan fingerprint density at radius 1 is 1.23 bits per heavy atom. The molecule has 0 saturated heterocycles. The third kappa shape index (κ3) is 2.94. The Kier molecular flexibility index (Phi) is 4.38. The van der Waals surface area contributed by atoms with Crippen molar-refractivity contribution in [2.75, 3.05) is 12.9 Å². The van der Waals surface area contributed by atoms with E-state index in [1.807, 2.05) is 36.4 Å². The van der Waals surface area contributed by atoms with Crippen LogP contribution in [0.5, 0.6) is 5.75 Å². The predicted molar refractivity (Wildman–Crippen MR) is 105 cm³/mol. The highest BCUT2D eigenvalue weighted by Gasteiger charge is 2.17. The third-order valence-corrected chi connectivity index (χ3v) is 5.12. The van der Waals surface area contributed by atoms with Crippen molar-refractivity contribution < 1.29 is 9.53 Å². The molecule has 0 fully saturated rings. The number of nitrogens with one attached hydrogen (secondary N) is 1. The summed E-state index contributed by atoms with van der Waals surface area (Å²) in [4.78, 5) is 16.1. The number of carbonyl (C=O) groups is 1. The summed E-state index contributed by atoms with van der Waals surface area (Å²) in [6.07, 6.45) is 0. The minimum Gasteiger partial charge on any atom is -0.497 e. The van der Waals surface area contributed by atoms with Crippen LogP contribution in [0.3, 0.4) is 0 Å². The fourth-order valence-electron chi connectivity index (χ4n) is 3.07. The fourth-order valence-corrected chi connectivity index (χ4v) is 3.68. The Morgan fingerprint density at radius 3 is 2.85 bits per heavy atom. The Morgan fingerprint density at radius 2 is 2.12 bits per heavy atom. The van der Waals surface area contributed by atoms with E-state index in [1.54, 1.807) is 7.11 Å². The van der Waals surface area contributed by atoms with Gasteiger partial charge in [-0.05, 0) is 31.2 Å². The molecule has 1 aliphatic rings. The van der Waals surface area contributed by atoms with Gasteiger partial charge < -0.3 is 9.30 Å². The first-order valence-corrected chi connectivity index (χ1v) is 9.32. The first kappa shape index (κ1) is 16.7. The number of hydrogen-bond acceptors (Lipinski definition) is 5. The molecule has 7 heteroatoms. The predicted octanol–water partition coefficient (Wildman–Crippen LogP) is 3.89. The number of rotatable bonds is 4. The molecule has 0 bridgehead atoms. The second kappa shape index (κ2) is 6.84. The van der Waals surface area contributed by atoms with Gasteiger partial charge in [-0.15, -0.1) is 0 Å². The lowest BCUT2D eigenvalue weighted by molar-refractivity contribution is 0.261. The quantitative estimate of drug-likeness (QED) is 0.760. The molecule has 3 aromatic rings. The van der Waals surface area contributed by atoms with Crippen LogP contribution in [0.1, 0.15) is 12.5 Å². The van der Waals surface area contributed by atoms with Crippen molar-refractivity contribution in [2.24, 2.45) is 5.10 Å². The third-order valence-electron chi connectivity index (χ3n) is 4.35. The number of imidazole rings is 1. The molecule has 0 spiro atoms. The minimum atomic E-state index is -0.120. The molecule has 0 atom stereocenters. The van der Waals surface area contributed by atoms with Gasteiger partial charge in [0.2, 0.25) is 0 Å². The van der Waals surface area contributed by atoms with Gasteiger partial charge in [0, 0.05) is 23.4 Å².